The second kappa shape index (κ2) is 4.96. The van der Waals surface area contributed by atoms with E-state index in [4.69, 9.17) is 0 Å². The molecule has 0 saturated carbocycles. The summed E-state index contributed by atoms with van der Waals surface area (Å²) in [5.74, 6) is -2.34. The first kappa shape index (κ1) is 15.1. The number of hydrogen-bond donors (Lipinski definition) is 0. The minimum atomic E-state index is -5.08. The monoisotopic (exact) mass is 258 g/mol. The van der Waals surface area contributed by atoms with E-state index in [1.165, 1.54) is 0 Å². The van der Waals surface area contributed by atoms with Crippen molar-refractivity contribution in [2.45, 2.75) is 37.5 Å². The van der Waals surface area contributed by atoms with Crippen molar-refractivity contribution in [3.63, 3.8) is 0 Å². The SMILES string of the molecule is O=C(C(F)CC(F)(F)F)C(F)CC(F)(F)F. The highest BCUT2D eigenvalue weighted by Crippen LogP contribution is 2.28. The summed E-state index contributed by atoms with van der Waals surface area (Å²) in [4.78, 5) is 10.4. The molecule has 0 bridgehead atoms. The van der Waals surface area contributed by atoms with Crippen LogP contribution in [0, 0.1) is 0 Å². The third-order valence-electron chi connectivity index (χ3n) is 1.44. The molecule has 0 amide bonds. The van der Waals surface area contributed by atoms with Gasteiger partial charge in [-0.05, 0) is 0 Å². The number of alkyl halides is 8. The van der Waals surface area contributed by atoms with Gasteiger partial charge in [0.2, 0.25) is 5.78 Å². The van der Waals surface area contributed by atoms with Gasteiger partial charge < -0.3 is 0 Å². The Kier molecular flexibility index (Phi) is 4.68. The maximum Gasteiger partial charge on any atom is 0.392 e. The van der Waals surface area contributed by atoms with Gasteiger partial charge in [0.25, 0.3) is 0 Å². The Balaban J connectivity index is 4.34. The van der Waals surface area contributed by atoms with E-state index >= 15 is 0 Å². The van der Waals surface area contributed by atoms with E-state index in [2.05, 4.69) is 0 Å². The van der Waals surface area contributed by atoms with Crippen LogP contribution in [0.5, 0.6) is 0 Å². The summed E-state index contributed by atoms with van der Waals surface area (Å²) in [6.45, 7) is 0. The van der Waals surface area contributed by atoms with Crippen molar-refractivity contribution in [2.24, 2.45) is 0 Å². The molecule has 2 atom stereocenters. The quantitative estimate of drug-likeness (QED) is 0.708. The molecule has 1 nitrogen and oxygen atoms in total. The lowest BCUT2D eigenvalue weighted by atomic mass is 10.1. The highest BCUT2D eigenvalue weighted by Gasteiger charge is 2.42. The molecule has 0 aliphatic heterocycles. The Morgan fingerprint density at radius 1 is 0.812 bits per heavy atom. The van der Waals surface area contributed by atoms with Crippen molar-refractivity contribution in [2.75, 3.05) is 0 Å². The highest BCUT2D eigenvalue weighted by molar-refractivity contribution is 5.87. The van der Waals surface area contributed by atoms with Crippen molar-refractivity contribution in [3.05, 3.63) is 0 Å². The number of hydrogen-bond acceptors (Lipinski definition) is 1. The van der Waals surface area contributed by atoms with Crippen LogP contribution in [-0.4, -0.2) is 30.5 Å². The van der Waals surface area contributed by atoms with Crippen molar-refractivity contribution in [1.82, 2.24) is 0 Å². The third-order valence-corrected chi connectivity index (χ3v) is 1.44. The maximum atomic E-state index is 12.4. The Bertz CT molecular complexity index is 218. The molecule has 16 heavy (non-hydrogen) atoms. The highest BCUT2D eigenvalue weighted by atomic mass is 19.4. The van der Waals surface area contributed by atoms with Gasteiger partial charge in [-0.15, -0.1) is 0 Å². The van der Waals surface area contributed by atoms with E-state index in [9.17, 15) is 39.9 Å². The fourth-order valence-corrected chi connectivity index (χ4v) is 0.804. The smallest absolute Gasteiger partial charge is 0.293 e. The van der Waals surface area contributed by atoms with Gasteiger partial charge >= 0.3 is 12.4 Å². The molecule has 0 rings (SSSR count). The normalized spacial score (nSPS) is 17.0. The van der Waals surface area contributed by atoms with Crippen molar-refractivity contribution in [3.8, 4) is 0 Å². The topological polar surface area (TPSA) is 17.1 Å². The van der Waals surface area contributed by atoms with E-state index in [1.54, 1.807) is 0 Å². The lowest BCUT2D eigenvalue weighted by Gasteiger charge is -2.14. The van der Waals surface area contributed by atoms with Gasteiger partial charge in [-0.3, -0.25) is 4.79 Å². The Morgan fingerprint density at radius 2 is 1.06 bits per heavy atom. The fraction of sp³-hybridized carbons (Fsp3) is 0.857. The molecule has 0 radical (unpaired) electrons. The summed E-state index contributed by atoms with van der Waals surface area (Å²) >= 11 is 0. The van der Waals surface area contributed by atoms with Crippen LogP contribution in [0.4, 0.5) is 35.1 Å². The van der Waals surface area contributed by atoms with Gasteiger partial charge in [0, 0.05) is 0 Å². The molecule has 0 aliphatic rings. The van der Waals surface area contributed by atoms with Gasteiger partial charge in [0.1, 0.15) is 0 Å². The zero-order chi connectivity index (χ0) is 13.1. The first-order chi connectivity index (χ1) is 6.92. The van der Waals surface area contributed by atoms with E-state index in [1.807, 2.05) is 0 Å². The van der Waals surface area contributed by atoms with Gasteiger partial charge in [-0.2, -0.15) is 26.3 Å². The number of ketones is 1. The van der Waals surface area contributed by atoms with Gasteiger partial charge in [0.15, 0.2) is 12.3 Å². The molecule has 0 N–H and O–H groups in total. The van der Waals surface area contributed by atoms with E-state index in [-0.39, 0.29) is 0 Å². The fourth-order valence-electron chi connectivity index (χ4n) is 0.804. The van der Waals surface area contributed by atoms with Crippen LogP contribution in [-0.2, 0) is 4.79 Å². The second-order valence-corrected chi connectivity index (χ2v) is 2.98. The summed E-state index contributed by atoms with van der Waals surface area (Å²) in [6.07, 6.45) is -21.3. The molecule has 0 aliphatic carbocycles. The van der Waals surface area contributed by atoms with Gasteiger partial charge in [-0.1, -0.05) is 0 Å². The molecule has 0 aromatic rings. The van der Waals surface area contributed by atoms with Crippen LogP contribution < -0.4 is 0 Å². The molecule has 9 heteroatoms. The lowest BCUT2D eigenvalue weighted by molar-refractivity contribution is -0.166. The number of carbonyl (C=O) groups excluding carboxylic acids is 1. The van der Waals surface area contributed by atoms with Crippen LogP contribution in [0.1, 0.15) is 12.8 Å². The molecule has 0 aromatic heterocycles. The Labute approximate surface area is 84.4 Å². The molecule has 2 unspecified atom stereocenters. The number of halogens is 8. The summed E-state index contributed by atoms with van der Waals surface area (Å²) in [5, 5.41) is 0. The van der Waals surface area contributed by atoms with Crippen LogP contribution in [0.25, 0.3) is 0 Å². The van der Waals surface area contributed by atoms with E-state index < -0.39 is 43.3 Å². The van der Waals surface area contributed by atoms with E-state index in [0.29, 0.717) is 0 Å². The average Bonchev–Trinajstić information content (AvgIpc) is 1.96. The number of Topliss-reactive ketones (excluding diaryl/α,β-unsaturated/α-hetero) is 1. The standard InChI is InChI=1S/C7H6F8O/c8-3(1-6(10,11)12)5(16)4(9)2-7(13,14)15/h3-4H,1-2H2. The van der Waals surface area contributed by atoms with Crippen LogP contribution >= 0.6 is 0 Å². The summed E-state index contributed by atoms with van der Waals surface area (Å²) in [5.41, 5.74) is 0. The Morgan fingerprint density at radius 3 is 1.25 bits per heavy atom. The first-order valence-electron chi connectivity index (χ1n) is 3.88. The van der Waals surface area contributed by atoms with Crippen LogP contribution in [0.3, 0.4) is 0 Å². The van der Waals surface area contributed by atoms with Gasteiger partial charge in [0.05, 0.1) is 12.8 Å². The van der Waals surface area contributed by atoms with Crippen molar-refractivity contribution < 1.29 is 39.9 Å². The van der Waals surface area contributed by atoms with Gasteiger partial charge in [-0.25, -0.2) is 8.78 Å². The largest absolute Gasteiger partial charge is 0.392 e. The first-order valence-corrected chi connectivity index (χ1v) is 3.88. The number of rotatable bonds is 4. The second-order valence-electron chi connectivity index (χ2n) is 2.98. The summed E-state index contributed by atoms with van der Waals surface area (Å²) in [7, 11) is 0. The third kappa shape index (κ3) is 6.57. The lowest BCUT2D eigenvalue weighted by Crippen LogP contribution is -2.33. The molecule has 96 valence electrons. The molecule has 0 aromatic carbocycles. The Hall–Kier alpha value is -0.890. The zero-order valence-electron chi connectivity index (χ0n) is 7.50. The molecular weight excluding hydrogens is 252 g/mol. The molecule has 0 heterocycles. The van der Waals surface area contributed by atoms with E-state index in [0.717, 1.165) is 0 Å². The predicted molar refractivity (Wildman–Crippen MR) is 36.1 cm³/mol. The van der Waals surface area contributed by atoms with Crippen molar-refractivity contribution >= 4 is 5.78 Å². The average molecular weight is 258 g/mol. The predicted octanol–water partition coefficient (Wildman–Crippen LogP) is 3.14. The van der Waals surface area contributed by atoms with Crippen LogP contribution in [0.15, 0.2) is 0 Å². The molecule has 0 fully saturated rings. The minimum absolute atomic E-state index is 2.29. The molecule has 0 saturated heterocycles. The molecule has 0 spiro atoms. The maximum absolute atomic E-state index is 12.4. The summed E-state index contributed by atoms with van der Waals surface area (Å²) < 4.78 is 94.1. The van der Waals surface area contributed by atoms with Crippen molar-refractivity contribution in [1.29, 1.82) is 0 Å². The molecular formula is C7H6F8O. The number of carbonyl (C=O) groups is 1. The van der Waals surface area contributed by atoms with Crippen LogP contribution in [0.2, 0.25) is 0 Å². The minimum Gasteiger partial charge on any atom is -0.293 e. The zero-order valence-corrected chi connectivity index (χ0v) is 7.50. The summed E-state index contributed by atoms with van der Waals surface area (Å²) in [6, 6.07) is 0.